The number of aliphatic hydroxyl groups excluding tert-OH is 1. The third-order valence-electron chi connectivity index (χ3n) is 5.10. The lowest BCUT2D eigenvalue weighted by molar-refractivity contribution is -0.0729. The van der Waals surface area contributed by atoms with Crippen LogP contribution in [-0.4, -0.2) is 21.9 Å². The van der Waals surface area contributed by atoms with Crippen molar-refractivity contribution in [1.29, 1.82) is 0 Å². The Morgan fingerprint density at radius 3 is 2.59 bits per heavy atom. The summed E-state index contributed by atoms with van der Waals surface area (Å²) in [5.41, 5.74) is 0.528. The quantitative estimate of drug-likeness (QED) is 0.690. The molecule has 0 saturated heterocycles. The topological polar surface area (TPSA) is 40.5 Å². The van der Waals surface area contributed by atoms with Gasteiger partial charge in [0.2, 0.25) is 0 Å². The summed E-state index contributed by atoms with van der Waals surface area (Å²) in [6, 6.07) is 0. The molecule has 2 fully saturated rings. The molecule has 2 aliphatic rings. The first-order valence-corrected chi connectivity index (χ1v) is 6.92. The molecule has 0 heterocycles. The SMILES string of the molecule is C=C1CC[C@@H](C(C)C)[C@@H](O)[C@H]2[C@@H]1CC[C@]2(C)O. The predicted molar refractivity (Wildman–Crippen MR) is 69.5 cm³/mol. The summed E-state index contributed by atoms with van der Waals surface area (Å²) in [5.74, 6) is 1.08. The van der Waals surface area contributed by atoms with Crippen molar-refractivity contribution in [3.05, 3.63) is 12.2 Å². The van der Waals surface area contributed by atoms with Gasteiger partial charge in [0, 0.05) is 5.92 Å². The Morgan fingerprint density at radius 1 is 1.35 bits per heavy atom. The number of hydrogen-bond acceptors (Lipinski definition) is 2. The highest BCUT2D eigenvalue weighted by Crippen LogP contribution is 2.51. The van der Waals surface area contributed by atoms with Crippen molar-refractivity contribution < 1.29 is 10.2 Å². The maximum atomic E-state index is 10.6. The van der Waals surface area contributed by atoms with Crippen molar-refractivity contribution >= 4 is 0 Å². The molecule has 0 unspecified atom stereocenters. The van der Waals surface area contributed by atoms with Gasteiger partial charge < -0.3 is 10.2 Å². The molecule has 0 aromatic heterocycles. The van der Waals surface area contributed by atoms with Crippen molar-refractivity contribution in [3.63, 3.8) is 0 Å². The van der Waals surface area contributed by atoms with Gasteiger partial charge in [-0.3, -0.25) is 0 Å². The van der Waals surface area contributed by atoms with Crippen molar-refractivity contribution in [2.45, 2.75) is 58.2 Å². The van der Waals surface area contributed by atoms with Gasteiger partial charge >= 0.3 is 0 Å². The minimum absolute atomic E-state index is 0.00935. The zero-order chi connectivity index (χ0) is 12.8. The summed E-state index contributed by atoms with van der Waals surface area (Å²) in [7, 11) is 0. The molecule has 0 aliphatic heterocycles. The van der Waals surface area contributed by atoms with E-state index in [1.165, 1.54) is 5.57 Å². The van der Waals surface area contributed by atoms with Gasteiger partial charge in [0.15, 0.2) is 0 Å². The highest BCUT2D eigenvalue weighted by atomic mass is 16.3. The molecule has 5 atom stereocenters. The Hall–Kier alpha value is -0.340. The predicted octanol–water partition coefficient (Wildman–Crippen LogP) is 2.75. The second-order valence-electron chi connectivity index (χ2n) is 6.62. The van der Waals surface area contributed by atoms with Gasteiger partial charge in [-0.25, -0.2) is 0 Å². The largest absolute Gasteiger partial charge is 0.392 e. The molecule has 17 heavy (non-hydrogen) atoms. The van der Waals surface area contributed by atoms with Crippen LogP contribution >= 0.6 is 0 Å². The van der Waals surface area contributed by atoms with Crippen LogP contribution in [0.1, 0.15) is 46.5 Å². The molecule has 0 aromatic carbocycles. The molecule has 98 valence electrons. The average molecular weight is 238 g/mol. The van der Waals surface area contributed by atoms with Crippen molar-refractivity contribution in [2.24, 2.45) is 23.7 Å². The summed E-state index contributed by atoms with van der Waals surface area (Å²) in [6.07, 6.45) is 3.43. The van der Waals surface area contributed by atoms with E-state index in [2.05, 4.69) is 20.4 Å². The molecular formula is C15H26O2. The van der Waals surface area contributed by atoms with E-state index in [9.17, 15) is 10.2 Å². The highest BCUT2D eigenvalue weighted by Gasteiger charge is 2.51. The molecule has 0 amide bonds. The smallest absolute Gasteiger partial charge is 0.0678 e. The second-order valence-corrected chi connectivity index (χ2v) is 6.62. The van der Waals surface area contributed by atoms with Gasteiger partial charge in [-0.05, 0) is 50.4 Å². The lowest BCUT2D eigenvalue weighted by Gasteiger charge is -2.36. The van der Waals surface area contributed by atoms with E-state index in [-0.39, 0.29) is 12.0 Å². The zero-order valence-corrected chi connectivity index (χ0v) is 11.3. The van der Waals surface area contributed by atoms with Crippen LogP contribution in [0.5, 0.6) is 0 Å². The molecule has 2 aliphatic carbocycles. The molecule has 2 rings (SSSR count). The molecular weight excluding hydrogens is 212 g/mol. The molecule has 2 nitrogen and oxygen atoms in total. The summed E-state index contributed by atoms with van der Waals surface area (Å²) in [4.78, 5) is 0. The molecule has 2 N–H and O–H groups in total. The minimum atomic E-state index is -0.718. The van der Waals surface area contributed by atoms with Gasteiger partial charge in [0.25, 0.3) is 0 Å². The highest BCUT2D eigenvalue weighted by molar-refractivity contribution is 5.15. The summed E-state index contributed by atoms with van der Waals surface area (Å²) < 4.78 is 0. The normalized spacial score (nSPS) is 47.1. The summed E-state index contributed by atoms with van der Waals surface area (Å²) >= 11 is 0. The van der Waals surface area contributed by atoms with Gasteiger partial charge in [0.1, 0.15) is 0 Å². The maximum absolute atomic E-state index is 10.6. The number of rotatable bonds is 1. The van der Waals surface area contributed by atoms with E-state index in [1.54, 1.807) is 0 Å². The fraction of sp³-hybridized carbons (Fsp3) is 0.867. The van der Waals surface area contributed by atoms with E-state index in [0.717, 1.165) is 25.7 Å². The number of fused-ring (bicyclic) bond motifs is 1. The Balaban J connectivity index is 2.31. The van der Waals surface area contributed by atoms with E-state index in [0.29, 0.717) is 17.8 Å². The second kappa shape index (κ2) is 4.40. The number of hydrogen-bond donors (Lipinski definition) is 2. The third kappa shape index (κ3) is 2.17. The maximum Gasteiger partial charge on any atom is 0.0678 e. The summed E-state index contributed by atoms with van der Waals surface area (Å²) in [6.45, 7) is 10.4. The number of allylic oxidation sites excluding steroid dienone is 1. The van der Waals surface area contributed by atoms with Gasteiger partial charge in [-0.15, -0.1) is 0 Å². The number of aliphatic hydroxyl groups is 2. The standard InChI is InChI=1S/C15H26O2/c1-9(2)11-6-5-10(3)12-7-8-15(4,17)13(12)14(11)16/h9,11-14,16-17H,3,5-8H2,1-2,4H3/t11-,12+,13+,14+,15-/m0/s1. The first-order valence-electron chi connectivity index (χ1n) is 6.92. The molecule has 0 bridgehead atoms. The van der Waals surface area contributed by atoms with Crippen LogP contribution < -0.4 is 0 Å². The van der Waals surface area contributed by atoms with Gasteiger partial charge in [-0.1, -0.05) is 26.0 Å². The Morgan fingerprint density at radius 2 is 2.00 bits per heavy atom. The van der Waals surface area contributed by atoms with Crippen molar-refractivity contribution in [3.8, 4) is 0 Å². The van der Waals surface area contributed by atoms with E-state index < -0.39 is 5.60 Å². The Bertz CT molecular complexity index is 306. The molecule has 2 heteroatoms. The van der Waals surface area contributed by atoms with E-state index in [1.807, 2.05) is 6.92 Å². The van der Waals surface area contributed by atoms with Crippen LogP contribution in [0.15, 0.2) is 12.2 Å². The van der Waals surface area contributed by atoms with E-state index >= 15 is 0 Å². The fourth-order valence-corrected chi connectivity index (χ4v) is 3.99. The monoisotopic (exact) mass is 238 g/mol. The minimum Gasteiger partial charge on any atom is -0.392 e. The van der Waals surface area contributed by atoms with Crippen molar-refractivity contribution in [2.75, 3.05) is 0 Å². The van der Waals surface area contributed by atoms with Crippen LogP contribution in [-0.2, 0) is 0 Å². The van der Waals surface area contributed by atoms with Crippen LogP contribution in [0.2, 0.25) is 0 Å². The van der Waals surface area contributed by atoms with Gasteiger partial charge in [-0.2, -0.15) is 0 Å². The fourth-order valence-electron chi connectivity index (χ4n) is 3.99. The Kier molecular flexibility index (Phi) is 3.39. The molecule has 0 aromatic rings. The van der Waals surface area contributed by atoms with Crippen molar-refractivity contribution in [1.82, 2.24) is 0 Å². The third-order valence-corrected chi connectivity index (χ3v) is 5.10. The van der Waals surface area contributed by atoms with Crippen LogP contribution in [0.3, 0.4) is 0 Å². The Labute approximate surface area is 105 Å². The van der Waals surface area contributed by atoms with Crippen LogP contribution in [0.25, 0.3) is 0 Å². The van der Waals surface area contributed by atoms with Crippen LogP contribution in [0, 0.1) is 23.7 Å². The molecule has 0 spiro atoms. The first-order chi connectivity index (χ1) is 7.84. The zero-order valence-electron chi connectivity index (χ0n) is 11.3. The van der Waals surface area contributed by atoms with E-state index in [4.69, 9.17) is 0 Å². The lowest BCUT2D eigenvalue weighted by Crippen LogP contribution is -2.44. The van der Waals surface area contributed by atoms with Gasteiger partial charge in [0.05, 0.1) is 11.7 Å². The average Bonchev–Trinajstić information content (AvgIpc) is 2.45. The van der Waals surface area contributed by atoms with Crippen LogP contribution in [0.4, 0.5) is 0 Å². The molecule has 0 radical (unpaired) electrons. The summed E-state index contributed by atoms with van der Waals surface area (Å²) in [5, 5.41) is 21.1. The lowest BCUT2D eigenvalue weighted by atomic mass is 9.75. The first kappa shape index (κ1) is 13.1. The molecule has 2 saturated carbocycles.